The van der Waals surface area contributed by atoms with Crippen molar-refractivity contribution in [3.8, 4) is 0 Å². The number of hydrogen-bond acceptors (Lipinski definition) is 6. The first-order valence-corrected chi connectivity index (χ1v) is 10.5. The third-order valence-electron chi connectivity index (χ3n) is 5.19. The highest BCUT2D eigenvalue weighted by Crippen LogP contribution is 2.24. The number of aromatic nitrogens is 2. The molecule has 0 bridgehead atoms. The first-order chi connectivity index (χ1) is 15.6. The van der Waals surface area contributed by atoms with Crippen LogP contribution in [0.3, 0.4) is 0 Å². The van der Waals surface area contributed by atoms with Crippen LogP contribution in [-0.2, 0) is 9.53 Å². The molecule has 1 saturated heterocycles. The number of ether oxygens (including phenoxy) is 1. The summed E-state index contributed by atoms with van der Waals surface area (Å²) in [5.41, 5.74) is 6.47. The maximum Gasteiger partial charge on any atom is 0.211 e. The van der Waals surface area contributed by atoms with Crippen LogP contribution in [0.15, 0.2) is 84.6 Å². The van der Waals surface area contributed by atoms with Crippen molar-refractivity contribution >= 4 is 23.4 Å². The highest BCUT2D eigenvalue weighted by atomic mass is 16.5. The number of benzene rings is 1. The SMILES string of the molecule is C=C(Nc1ccc(N2CCOCC2)cc1)/C(C)=C(/C=C\NC=O)\C=C(/C)c1cnccn1. The predicted octanol–water partition coefficient (Wildman–Crippen LogP) is 3.92. The van der Waals surface area contributed by atoms with Gasteiger partial charge in [-0.3, -0.25) is 14.8 Å². The summed E-state index contributed by atoms with van der Waals surface area (Å²) in [6.07, 6.45) is 11.1. The van der Waals surface area contributed by atoms with E-state index in [9.17, 15) is 4.79 Å². The van der Waals surface area contributed by atoms with Crippen LogP contribution in [-0.4, -0.2) is 42.7 Å². The van der Waals surface area contributed by atoms with Crippen LogP contribution in [0.1, 0.15) is 19.5 Å². The van der Waals surface area contributed by atoms with Gasteiger partial charge in [-0.05, 0) is 67.0 Å². The van der Waals surface area contributed by atoms with Gasteiger partial charge in [0.2, 0.25) is 6.41 Å². The first kappa shape index (κ1) is 23.0. The van der Waals surface area contributed by atoms with Gasteiger partial charge < -0.3 is 20.3 Å². The number of amides is 1. The molecule has 7 nitrogen and oxygen atoms in total. The Morgan fingerprint density at radius 3 is 2.56 bits per heavy atom. The van der Waals surface area contributed by atoms with Crippen LogP contribution in [0.4, 0.5) is 11.4 Å². The molecule has 0 spiro atoms. The molecular formula is C25H29N5O2. The fourth-order valence-electron chi connectivity index (χ4n) is 3.29. The van der Waals surface area contributed by atoms with Crippen molar-refractivity contribution in [3.63, 3.8) is 0 Å². The van der Waals surface area contributed by atoms with E-state index in [4.69, 9.17) is 4.74 Å². The van der Waals surface area contributed by atoms with Crippen LogP contribution < -0.4 is 15.5 Å². The van der Waals surface area contributed by atoms with Gasteiger partial charge in [0.05, 0.1) is 25.1 Å². The van der Waals surface area contributed by atoms with E-state index in [2.05, 4.69) is 44.2 Å². The lowest BCUT2D eigenvalue weighted by Crippen LogP contribution is -2.36. The number of nitrogens with one attached hydrogen (secondary N) is 2. The minimum absolute atomic E-state index is 0.631. The highest BCUT2D eigenvalue weighted by Gasteiger charge is 2.11. The molecule has 1 aliphatic rings. The molecule has 166 valence electrons. The molecule has 1 aromatic heterocycles. The summed E-state index contributed by atoms with van der Waals surface area (Å²) in [6.45, 7) is 11.5. The second kappa shape index (κ2) is 11.6. The van der Waals surface area contributed by atoms with Gasteiger partial charge in [0, 0.05) is 48.8 Å². The number of anilines is 2. The quantitative estimate of drug-likeness (QED) is 0.463. The van der Waals surface area contributed by atoms with Crippen molar-refractivity contribution in [2.75, 3.05) is 36.5 Å². The Morgan fingerprint density at radius 2 is 1.91 bits per heavy atom. The van der Waals surface area contributed by atoms with E-state index < -0.39 is 0 Å². The Kier molecular flexibility index (Phi) is 8.34. The lowest BCUT2D eigenvalue weighted by Gasteiger charge is -2.29. The molecule has 1 fully saturated rings. The monoisotopic (exact) mass is 431 g/mol. The van der Waals surface area contributed by atoms with Crippen molar-refractivity contribution in [2.45, 2.75) is 13.8 Å². The van der Waals surface area contributed by atoms with Gasteiger partial charge in [0.1, 0.15) is 0 Å². The summed E-state index contributed by atoms with van der Waals surface area (Å²) >= 11 is 0. The van der Waals surface area contributed by atoms with Crippen LogP contribution in [0.5, 0.6) is 0 Å². The molecule has 0 aliphatic carbocycles. The Labute approximate surface area is 189 Å². The lowest BCUT2D eigenvalue weighted by molar-refractivity contribution is -0.108. The average molecular weight is 432 g/mol. The minimum Gasteiger partial charge on any atom is -0.378 e. The van der Waals surface area contributed by atoms with E-state index in [0.717, 1.165) is 60.1 Å². The normalized spacial score (nSPS) is 15.3. The fourth-order valence-corrected chi connectivity index (χ4v) is 3.29. The molecule has 2 N–H and O–H groups in total. The molecule has 0 unspecified atom stereocenters. The number of carbonyl (C=O) groups is 1. The standard InChI is InChI=1S/C25H29N5O2/c1-19(25-17-26-10-11-28-25)16-22(8-9-27-18-31)20(2)21(3)29-23-4-6-24(7-5-23)30-12-14-32-15-13-30/h4-11,16-18,29H,3,12-15H2,1-2H3,(H,27,31)/b9-8-,19-16+,22-20-. The molecule has 0 radical (unpaired) electrons. The third-order valence-corrected chi connectivity index (χ3v) is 5.19. The number of allylic oxidation sites excluding steroid dienone is 5. The van der Waals surface area contributed by atoms with Crippen LogP contribution in [0.2, 0.25) is 0 Å². The molecule has 1 aromatic carbocycles. The minimum atomic E-state index is 0.631. The Morgan fingerprint density at radius 1 is 1.16 bits per heavy atom. The average Bonchev–Trinajstić information content (AvgIpc) is 2.84. The van der Waals surface area contributed by atoms with E-state index in [1.165, 1.54) is 5.69 Å². The van der Waals surface area contributed by atoms with Crippen molar-refractivity contribution in [1.29, 1.82) is 0 Å². The molecule has 1 aliphatic heterocycles. The molecule has 2 aromatic rings. The lowest BCUT2D eigenvalue weighted by atomic mass is 10.0. The second-order valence-corrected chi connectivity index (χ2v) is 7.37. The van der Waals surface area contributed by atoms with E-state index in [1.807, 2.05) is 38.1 Å². The number of hydrogen-bond donors (Lipinski definition) is 2. The topological polar surface area (TPSA) is 79.4 Å². The van der Waals surface area contributed by atoms with Crippen LogP contribution in [0.25, 0.3) is 5.57 Å². The number of nitrogens with zero attached hydrogens (tertiary/aromatic N) is 3. The Bertz CT molecular complexity index is 1000. The highest BCUT2D eigenvalue weighted by molar-refractivity contribution is 5.67. The summed E-state index contributed by atoms with van der Waals surface area (Å²) in [5.74, 6) is 0. The summed E-state index contributed by atoms with van der Waals surface area (Å²) in [4.78, 5) is 21.5. The zero-order valence-electron chi connectivity index (χ0n) is 18.5. The fraction of sp³-hybridized carbons (Fsp3) is 0.240. The van der Waals surface area contributed by atoms with E-state index in [0.29, 0.717) is 6.41 Å². The molecule has 32 heavy (non-hydrogen) atoms. The van der Waals surface area contributed by atoms with Gasteiger partial charge in [0.25, 0.3) is 0 Å². The van der Waals surface area contributed by atoms with Crippen molar-refractivity contribution < 1.29 is 9.53 Å². The van der Waals surface area contributed by atoms with E-state index >= 15 is 0 Å². The van der Waals surface area contributed by atoms with Gasteiger partial charge in [-0.2, -0.15) is 0 Å². The van der Waals surface area contributed by atoms with Crippen LogP contribution in [0, 0.1) is 0 Å². The molecule has 1 amide bonds. The summed E-state index contributed by atoms with van der Waals surface area (Å²) in [6, 6.07) is 8.31. The van der Waals surface area contributed by atoms with Crippen molar-refractivity contribution in [2.24, 2.45) is 0 Å². The number of rotatable bonds is 9. The molecule has 2 heterocycles. The van der Waals surface area contributed by atoms with Gasteiger partial charge in [-0.1, -0.05) is 6.58 Å². The molecular weight excluding hydrogens is 402 g/mol. The van der Waals surface area contributed by atoms with Crippen LogP contribution >= 0.6 is 0 Å². The van der Waals surface area contributed by atoms with Crippen molar-refractivity contribution in [3.05, 3.63) is 90.3 Å². The third kappa shape index (κ3) is 6.39. The zero-order valence-corrected chi connectivity index (χ0v) is 18.5. The first-order valence-electron chi connectivity index (χ1n) is 10.5. The zero-order chi connectivity index (χ0) is 22.8. The van der Waals surface area contributed by atoms with E-state index in [1.54, 1.807) is 24.8 Å². The van der Waals surface area contributed by atoms with Gasteiger partial charge >= 0.3 is 0 Å². The summed E-state index contributed by atoms with van der Waals surface area (Å²) in [7, 11) is 0. The largest absolute Gasteiger partial charge is 0.378 e. The van der Waals surface area contributed by atoms with Gasteiger partial charge in [-0.15, -0.1) is 0 Å². The smallest absolute Gasteiger partial charge is 0.211 e. The molecule has 3 rings (SSSR count). The summed E-state index contributed by atoms with van der Waals surface area (Å²) in [5, 5.41) is 5.94. The predicted molar refractivity (Wildman–Crippen MR) is 129 cm³/mol. The number of morpholine rings is 1. The molecule has 0 atom stereocenters. The van der Waals surface area contributed by atoms with Gasteiger partial charge in [0.15, 0.2) is 0 Å². The van der Waals surface area contributed by atoms with Gasteiger partial charge in [-0.25, -0.2) is 0 Å². The summed E-state index contributed by atoms with van der Waals surface area (Å²) < 4.78 is 5.42. The molecule has 0 saturated carbocycles. The number of carbonyl (C=O) groups excluding carboxylic acids is 1. The van der Waals surface area contributed by atoms with E-state index in [-0.39, 0.29) is 0 Å². The maximum absolute atomic E-state index is 10.7. The second-order valence-electron chi connectivity index (χ2n) is 7.37. The Balaban J connectivity index is 1.78. The Hall–Kier alpha value is -3.71. The maximum atomic E-state index is 10.7. The van der Waals surface area contributed by atoms with Crippen molar-refractivity contribution in [1.82, 2.24) is 15.3 Å². The molecule has 7 heteroatoms.